The van der Waals surface area contributed by atoms with E-state index in [1.165, 1.54) is 19.4 Å². The first kappa shape index (κ1) is 15.3. The van der Waals surface area contributed by atoms with E-state index < -0.39 is 15.5 Å². The normalized spacial score (nSPS) is 11.4. The highest BCUT2D eigenvalue weighted by Gasteiger charge is 2.33. The number of rotatable bonds is 4. The predicted octanol–water partition coefficient (Wildman–Crippen LogP) is 3.24. The first-order chi connectivity index (χ1) is 8.31. The molecule has 0 aliphatic heterocycles. The molecule has 0 amide bonds. The molecule has 18 heavy (non-hydrogen) atoms. The number of alkyl halides is 3. The average Bonchev–Trinajstić information content (AvgIpc) is 2.70. The highest BCUT2D eigenvalue weighted by atomic mass is 35.6. The predicted molar refractivity (Wildman–Crippen MR) is 70.7 cm³/mol. The van der Waals surface area contributed by atoms with E-state index in [-0.39, 0.29) is 11.3 Å². The van der Waals surface area contributed by atoms with Crippen molar-refractivity contribution in [3.63, 3.8) is 0 Å². The van der Waals surface area contributed by atoms with Gasteiger partial charge in [-0.3, -0.25) is 4.79 Å². The van der Waals surface area contributed by atoms with Gasteiger partial charge in [-0.1, -0.05) is 41.7 Å². The van der Waals surface area contributed by atoms with Gasteiger partial charge in [0.2, 0.25) is 5.78 Å². The summed E-state index contributed by atoms with van der Waals surface area (Å²) in [5, 5.41) is 0. The zero-order valence-corrected chi connectivity index (χ0v) is 12.1. The maximum absolute atomic E-state index is 11.8. The van der Waals surface area contributed by atoms with Gasteiger partial charge in [0.25, 0.3) is 3.79 Å². The summed E-state index contributed by atoms with van der Waals surface area (Å²) in [6.45, 7) is 2.51. The van der Waals surface area contributed by atoms with Crippen LogP contribution in [0.4, 0.5) is 0 Å². The summed E-state index contributed by atoms with van der Waals surface area (Å²) in [5.41, 5.74) is 0.431. The summed E-state index contributed by atoms with van der Waals surface area (Å²) < 4.78 is 4.20. The molecule has 0 spiro atoms. The van der Waals surface area contributed by atoms with E-state index in [2.05, 4.69) is 4.74 Å². The number of hydrogen-bond donors (Lipinski definition) is 0. The molecular weight excluding hydrogens is 300 g/mol. The van der Waals surface area contributed by atoms with Gasteiger partial charge in [0.15, 0.2) is 0 Å². The average molecular weight is 313 g/mol. The van der Waals surface area contributed by atoms with Gasteiger partial charge in [0.05, 0.1) is 7.11 Å². The molecule has 7 heteroatoms. The molecule has 0 saturated carbocycles. The lowest BCUT2D eigenvalue weighted by Gasteiger charge is -2.06. The number of hydrogen-bond acceptors (Lipinski definition) is 3. The number of carbonyl (C=O) groups is 2. The van der Waals surface area contributed by atoms with Gasteiger partial charge in [-0.15, -0.1) is 0 Å². The van der Waals surface area contributed by atoms with Crippen LogP contribution >= 0.6 is 34.8 Å². The summed E-state index contributed by atoms with van der Waals surface area (Å²) in [4.78, 5) is 23.3. The minimum absolute atomic E-state index is 0.170. The molecule has 1 aromatic heterocycles. The van der Waals surface area contributed by atoms with Gasteiger partial charge in [-0.25, -0.2) is 4.79 Å². The summed E-state index contributed by atoms with van der Waals surface area (Å²) in [6.07, 6.45) is 2.28. The van der Waals surface area contributed by atoms with Crippen LogP contribution in [0.2, 0.25) is 0 Å². The van der Waals surface area contributed by atoms with Crippen LogP contribution in [-0.4, -0.2) is 27.2 Å². The lowest BCUT2D eigenvalue weighted by atomic mass is 10.2. The second-order valence-electron chi connectivity index (χ2n) is 3.63. The number of aryl methyl sites for hydroxylation is 1. The van der Waals surface area contributed by atoms with Crippen molar-refractivity contribution in [3.8, 4) is 0 Å². The van der Waals surface area contributed by atoms with E-state index in [0.717, 1.165) is 6.42 Å². The van der Waals surface area contributed by atoms with Crippen LogP contribution in [0.15, 0.2) is 12.3 Å². The first-order valence-corrected chi connectivity index (χ1v) is 6.34. The second-order valence-corrected chi connectivity index (χ2v) is 5.91. The van der Waals surface area contributed by atoms with Crippen molar-refractivity contribution >= 4 is 46.6 Å². The van der Waals surface area contributed by atoms with Crippen molar-refractivity contribution < 1.29 is 14.3 Å². The molecule has 0 aliphatic rings. The van der Waals surface area contributed by atoms with Crippen LogP contribution in [0.3, 0.4) is 0 Å². The zero-order valence-electron chi connectivity index (χ0n) is 9.87. The largest absolute Gasteiger partial charge is 0.464 e. The van der Waals surface area contributed by atoms with Crippen molar-refractivity contribution in [1.82, 2.24) is 4.57 Å². The van der Waals surface area contributed by atoms with E-state index in [4.69, 9.17) is 34.8 Å². The minimum atomic E-state index is -2.04. The Morgan fingerprint density at radius 3 is 2.44 bits per heavy atom. The number of carbonyl (C=O) groups excluding carboxylic acids is 2. The van der Waals surface area contributed by atoms with E-state index in [1.54, 1.807) is 4.57 Å². The van der Waals surface area contributed by atoms with E-state index in [1.807, 2.05) is 6.92 Å². The third kappa shape index (κ3) is 3.40. The van der Waals surface area contributed by atoms with Gasteiger partial charge in [-0.2, -0.15) is 0 Å². The Morgan fingerprint density at radius 1 is 1.39 bits per heavy atom. The van der Waals surface area contributed by atoms with Crippen molar-refractivity contribution in [2.24, 2.45) is 0 Å². The number of esters is 1. The summed E-state index contributed by atoms with van der Waals surface area (Å²) in [5.74, 6) is -1.21. The molecule has 0 atom stereocenters. The molecule has 0 fully saturated rings. The number of nitrogens with zero attached hydrogens (tertiary/aromatic N) is 1. The Bertz CT molecular complexity index is 463. The molecule has 100 valence electrons. The fraction of sp³-hybridized carbons (Fsp3) is 0.455. The van der Waals surface area contributed by atoms with Crippen LogP contribution in [0.5, 0.6) is 0 Å². The fourth-order valence-corrected chi connectivity index (χ4v) is 1.83. The highest BCUT2D eigenvalue weighted by Crippen LogP contribution is 2.31. The lowest BCUT2D eigenvalue weighted by molar-refractivity contribution is 0.0588. The van der Waals surface area contributed by atoms with Gasteiger partial charge in [0, 0.05) is 18.3 Å². The van der Waals surface area contributed by atoms with Gasteiger partial charge in [0.1, 0.15) is 5.69 Å². The molecule has 0 N–H and O–H groups in total. The van der Waals surface area contributed by atoms with Crippen LogP contribution in [0.1, 0.15) is 34.2 Å². The third-order valence-corrected chi connectivity index (χ3v) is 2.79. The van der Waals surface area contributed by atoms with Crippen LogP contribution in [0.25, 0.3) is 0 Å². The summed E-state index contributed by atoms with van der Waals surface area (Å²) in [7, 11) is 1.27. The Morgan fingerprint density at radius 2 is 2.00 bits per heavy atom. The molecule has 0 aromatic carbocycles. The standard InChI is InChI=1S/C11H12Cl3NO3/c1-3-4-15-6-7(9(16)11(12,13)14)5-8(15)10(17)18-2/h5-6H,3-4H2,1-2H3. The highest BCUT2D eigenvalue weighted by molar-refractivity contribution is 6.77. The maximum atomic E-state index is 11.8. The molecule has 1 rings (SSSR count). The van der Waals surface area contributed by atoms with E-state index >= 15 is 0 Å². The SMILES string of the molecule is CCCn1cc(C(=O)C(Cl)(Cl)Cl)cc1C(=O)OC. The Balaban J connectivity index is 3.17. The molecule has 1 aromatic rings. The molecule has 0 radical (unpaired) electrons. The Labute approximate surface area is 120 Å². The lowest BCUT2D eigenvalue weighted by Crippen LogP contribution is -2.18. The number of halogens is 3. The van der Waals surface area contributed by atoms with Crippen LogP contribution in [0, 0.1) is 0 Å². The van der Waals surface area contributed by atoms with Crippen molar-refractivity contribution in [2.75, 3.05) is 7.11 Å². The van der Waals surface area contributed by atoms with Gasteiger partial charge < -0.3 is 9.30 Å². The second kappa shape index (κ2) is 5.95. The molecule has 0 aliphatic carbocycles. The van der Waals surface area contributed by atoms with Gasteiger partial charge >= 0.3 is 5.97 Å². The zero-order chi connectivity index (χ0) is 13.9. The summed E-state index contributed by atoms with van der Waals surface area (Å²) >= 11 is 16.6. The molecular formula is C11H12Cl3NO3. The Kier molecular flexibility index (Phi) is 5.08. The van der Waals surface area contributed by atoms with E-state index in [9.17, 15) is 9.59 Å². The number of ketones is 1. The Hall–Kier alpha value is -0.710. The first-order valence-electron chi connectivity index (χ1n) is 5.21. The monoisotopic (exact) mass is 311 g/mol. The molecule has 0 bridgehead atoms. The van der Waals surface area contributed by atoms with E-state index in [0.29, 0.717) is 6.54 Å². The number of aromatic nitrogens is 1. The quantitative estimate of drug-likeness (QED) is 0.487. The third-order valence-electron chi connectivity index (χ3n) is 2.28. The van der Waals surface area contributed by atoms with Crippen LogP contribution < -0.4 is 0 Å². The van der Waals surface area contributed by atoms with Gasteiger partial charge in [-0.05, 0) is 12.5 Å². The number of ether oxygens (including phenoxy) is 1. The molecule has 0 unspecified atom stereocenters. The molecule has 0 saturated heterocycles. The molecule has 4 nitrogen and oxygen atoms in total. The topological polar surface area (TPSA) is 48.3 Å². The number of Topliss-reactive ketones (excluding diaryl/α,β-unsaturated/α-hetero) is 1. The minimum Gasteiger partial charge on any atom is -0.464 e. The summed E-state index contributed by atoms with van der Waals surface area (Å²) in [6, 6.07) is 1.37. The fourth-order valence-electron chi connectivity index (χ4n) is 1.50. The van der Waals surface area contributed by atoms with Crippen molar-refractivity contribution in [2.45, 2.75) is 23.7 Å². The van der Waals surface area contributed by atoms with Crippen LogP contribution in [-0.2, 0) is 11.3 Å². The molecule has 1 heterocycles. The maximum Gasteiger partial charge on any atom is 0.354 e. The van der Waals surface area contributed by atoms with Crippen molar-refractivity contribution in [3.05, 3.63) is 23.5 Å². The smallest absolute Gasteiger partial charge is 0.354 e. The number of methoxy groups -OCH3 is 1. The van der Waals surface area contributed by atoms with Crippen molar-refractivity contribution in [1.29, 1.82) is 0 Å².